The second-order valence-electron chi connectivity index (χ2n) is 4.57. The molecule has 0 aliphatic heterocycles. The molecule has 1 atom stereocenters. The molecule has 0 aliphatic rings. The zero-order valence-electron chi connectivity index (χ0n) is 11.8. The van der Waals surface area contributed by atoms with Gasteiger partial charge in [0.1, 0.15) is 4.21 Å². The fourth-order valence-electron chi connectivity index (χ4n) is 1.46. The van der Waals surface area contributed by atoms with Crippen LogP contribution < -0.4 is 5.32 Å². The SMILES string of the molecule is CC(CCNC(=O)CN(C)S(=O)(=O)c1cccs1)C(=O)O. The summed E-state index contributed by atoms with van der Waals surface area (Å²) in [5.41, 5.74) is 0. The van der Waals surface area contributed by atoms with Crippen LogP contribution in [-0.2, 0) is 19.6 Å². The highest BCUT2D eigenvalue weighted by atomic mass is 32.2. The number of sulfonamides is 1. The van der Waals surface area contributed by atoms with Crippen molar-refractivity contribution >= 4 is 33.2 Å². The van der Waals surface area contributed by atoms with E-state index in [4.69, 9.17) is 5.11 Å². The van der Waals surface area contributed by atoms with E-state index in [0.29, 0.717) is 6.42 Å². The summed E-state index contributed by atoms with van der Waals surface area (Å²) in [4.78, 5) is 22.3. The Morgan fingerprint density at radius 3 is 2.67 bits per heavy atom. The number of aliphatic carboxylic acids is 1. The fourth-order valence-corrected chi connectivity index (χ4v) is 3.79. The molecule has 2 N–H and O–H groups in total. The molecule has 0 spiro atoms. The topological polar surface area (TPSA) is 104 Å². The molecule has 0 saturated heterocycles. The number of thiophene rings is 1. The van der Waals surface area contributed by atoms with Crippen LogP contribution >= 0.6 is 11.3 Å². The van der Waals surface area contributed by atoms with Crippen molar-refractivity contribution in [3.05, 3.63) is 17.5 Å². The molecule has 1 aromatic rings. The molecule has 0 radical (unpaired) electrons. The van der Waals surface area contributed by atoms with E-state index >= 15 is 0 Å². The Morgan fingerprint density at radius 1 is 1.48 bits per heavy atom. The Labute approximate surface area is 127 Å². The van der Waals surface area contributed by atoms with Crippen LogP contribution in [0.4, 0.5) is 0 Å². The van der Waals surface area contributed by atoms with Crippen molar-refractivity contribution in [2.45, 2.75) is 17.6 Å². The van der Waals surface area contributed by atoms with Gasteiger partial charge in [0.15, 0.2) is 0 Å². The zero-order chi connectivity index (χ0) is 16.0. The molecular weight excluding hydrogens is 316 g/mol. The summed E-state index contributed by atoms with van der Waals surface area (Å²) in [5, 5.41) is 12.9. The van der Waals surface area contributed by atoms with E-state index in [1.54, 1.807) is 18.4 Å². The van der Waals surface area contributed by atoms with Gasteiger partial charge in [-0.1, -0.05) is 13.0 Å². The molecule has 118 valence electrons. The van der Waals surface area contributed by atoms with Gasteiger partial charge in [-0.2, -0.15) is 4.31 Å². The van der Waals surface area contributed by atoms with E-state index < -0.39 is 27.8 Å². The fraction of sp³-hybridized carbons (Fsp3) is 0.500. The maximum absolute atomic E-state index is 12.1. The van der Waals surface area contributed by atoms with Gasteiger partial charge in [-0.3, -0.25) is 9.59 Å². The lowest BCUT2D eigenvalue weighted by molar-refractivity contribution is -0.141. The highest BCUT2D eigenvalue weighted by Crippen LogP contribution is 2.19. The molecule has 0 fully saturated rings. The lowest BCUT2D eigenvalue weighted by atomic mass is 10.1. The van der Waals surface area contributed by atoms with Gasteiger partial charge in [0.25, 0.3) is 10.0 Å². The van der Waals surface area contributed by atoms with Crippen molar-refractivity contribution in [2.24, 2.45) is 5.92 Å². The summed E-state index contributed by atoms with van der Waals surface area (Å²) in [6.07, 6.45) is 0.294. The first kappa shape index (κ1) is 17.6. The number of carbonyl (C=O) groups is 2. The standard InChI is InChI=1S/C12H18N2O5S2/c1-9(12(16)17)5-6-13-10(15)8-14(2)21(18,19)11-4-3-7-20-11/h3-4,7,9H,5-6,8H2,1-2H3,(H,13,15)(H,16,17). The molecule has 1 amide bonds. The van der Waals surface area contributed by atoms with Gasteiger partial charge in [0, 0.05) is 13.6 Å². The number of nitrogens with zero attached hydrogens (tertiary/aromatic N) is 1. The molecule has 0 bridgehead atoms. The molecule has 7 nitrogen and oxygen atoms in total. The number of rotatable bonds is 8. The Bertz CT molecular complexity index is 583. The van der Waals surface area contributed by atoms with Crippen LogP contribution in [-0.4, -0.2) is 49.8 Å². The predicted octanol–water partition coefficient (Wildman–Crippen LogP) is 0.596. The quantitative estimate of drug-likeness (QED) is 0.724. The van der Waals surface area contributed by atoms with Gasteiger partial charge in [0.2, 0.25) is 5.91 Å². The summed E-state index contributed by atoms with van der Waals surface area (Å²) in [5.74, 6) is -1.95. The first-order valence-corrected chi connectivity index (χ1v) is 8.56. The number of hydrogen-bond donors (Lipinski definition) is 2. The second kappa shape index (κ2) is 7.53. The van der Waals surface area contributed by atoms with Gasteiger partial charge in [-0.15, -0.1) is 11.3 Å². The highest BCUT2D eigenvalue weighted by molar-refractivity contribution is 7.91. The molecule has 1 heterocycles. The van der Waals surface area contributed by atoms with Crippen LogP contribution in [0.2, 0.25) is 0 Å². The van der Waals surface area contributed by atoms with E-state index in [-0.39, 0.29) is 17.3 Å². The van der Waals surface area contributed by atoms with Crippen molar-refractivity contribution in [3.63, 3.8) is 0 Å². The zero-order valence-corrected chi connectivity index (χ0v) is 13.4. The first-order chi connectivity index (χ1) is 9.75. The largest absolute Gasteiger partial charge is 0.481 e. The van der Waals surface area contributed by atoms with E-state index in [0.717, 1.165) is 15.6 Å². The number of likely N-dealkylation sites (N-methyl/N-ethyl adjacent to an activating group) is 1. The molecule has 1 aromatic heterocycles. The minimum atomic E-state index is -3.65. The predicted molar refractivity (Wildman–Crippen MR) is 78.6 cm³/mol. The molecule has 21 heavy (non-hydrogen) atoms. The van der Waals surface area contributed by atoms with E-state index in [9.17, 15) is 18.0 Å². The Morgan fingerprint density at radius 2 is 2.14 bits per heavy atom. The lowest BCUT2D eigenvalue weighted by Gasteiger charge is -2.16. The average molecular weight is 334 g/mol. The highest BCUT2D eigenvalue weighted by Gasteiger charge is 2.23. The number of carboxylic acids is 1. The first-order valence-electron chi connectivity index (χ1n) is 6.24. The molecular formula is C12H18N2O5S2. The summed E-state index contributed by atoms with van der Waals surface area (Å²) in [7, 11) is -2.32. The smallest absolute Gasteiger partial charge is 0.306 e. The number of hydrogen-bond acceptors (Lipinski definition) is 5. The number of carbonyl (C=O) groups excluding carboxylic acids is 1. The maximum atomic E-state index is 12.1. The molecule has 0 aromatic carbocycles. The third kappa shape index (κ3) is 5.10. The normalized spacial score (nSPS) is 13.1. The van der Waals surface area contributed by atoms with Crippen LogP contribution in [0.25, 0.3) is 0 Å². The molecule has 9 heteroatoms. The van der Waals surface area contributed by atoms with Crippen molar-refractivity contribution < 1.29 is 23.1 Å². The van der Waals surface area contributed by atoms with Crippen LogP contribution in [0.5, 0.6) is 0 Å². The number of amides is 1. The third-order valence-corrected chi connectivity index (χ3v) is 6.02. The Hall–Kier alpha value is -1.45. The summed E-state index contributed by atoms with van der Waals surface area (Å²) in [6.45, 7) is 1.43. The minimum Gasteiger partial charge on any atom is -0.481 e. The van der Waals surface area contributed by atoms with E-state index in [2.05, 4.69) is 5.32 Å². The van der Waals surface area contributed by atoms with Gasteiger partial charge in [0.05, 0.1) is 12.5 Å². The number of carboxylic acid groups (broad SMARTS) is 1. The van der Waals surface area contributed by atoms with Crippen LogP contribution in [0.15, 0.2) is 21.7 Å². The summed E-state index contributed by atoms with van der Waals surface area (Å²) >= 11 is 1.08. The van der Waals surface area contributed by atoms with Crippen LogP contribution in [0.1, 0.15) is 13.3 Å². The van der Waals surface area contributed by atoms with Crippen molar-refractivity contribution in [2.75, 3.05) is 20.1 Å². The Balaban J connectivity index is 2.46. The second-order valence-corrected chi connectivity index (χ2v) is 7.79. The van der Waals surface area contributed by atoms with E-state index in [1.165, 1.54) is 13.1 Å². The summed E-state index contributed by atoms with van der Waals surface area (Å²) < 4.78 is 25.3. The van der Waals surface area contributed by atoms with Crippen LogP contribution in [0.3, 0.4) is 0 Å². The summed E-state index contributed by atoms with van der Waals surface area (Å²) in [6, 6.07) is 3.10. The van der Waals surface area contributed by atoms with Crippen LogP contribution in [0, 0.1) is 5.92 Å². The Kier molecular flexibility index (Phi) is 6.31. The third-order valence-electron chi connectivity index (χ3n) is 2.85. The maximum Gasteiger partial charge on any atom is 0.306 e. The molecule has 1 rings (SSSR count). The minimum absolute atomic E-state index is 0.178. The van der Waals surface area contributed by atoms with Crippen molar-refractivity contribution in [3.8, 4) is 0 Å². The number of nitrogens with one attached hydrogen (secondary N) is 1. The van der Waals surface area contributed by atoms with Gasteiger partial charge in [-0.25, -0.2) is 8.42 Å². The van der Waals surface area contributed by atoms with Crippen molar-refractivity contribution in [1.82, 2.24) is 9.62 Å². The lowest BCUT2D eigenvalue weighted by Crippen LogP contribution is -2.38. The van der Waals surface area contributed by atoms with Gasteiger partial charge >= 0.3 is 5.97 Å². The van der Waals surface area contributed by atoms with Crippen molar-refractivity contribution in [1.29, 1.82) is 0 Å². The average Bonchev–Trinajstić information content (AvgIpc) is 2.92. The van der Waals surface area contributed by atoms with E-state index in [1.807, 2.05) is 0 Å². The molecule has 1 unspecified atom stereocenters. The molecule has 0 aliphatic carbocycles. The monoisotopic (exact) mass is 334 g/mol. The van der Waals surface area contributed by atoms with Gasteiger partial charge < -0.3 is 10.4 Å². The van der Waals surface area contributed by atoms with Gasteiger partial charge in [-0.05, 0) is 17.9 Å². The molecule has 0 saturated carbocycles.